The first-order valence-corrected chi connectivity index (χ1v) is 9.21. The molecule has 0 aliphatic heterocycles. The van der Waals surface area contributed by atoms with E-state index in [2.05, 4.69) is 16.0 Å². The highest BCUT2D eigenvalue weighted by Gasteiger charge is 2.23. The lowest BCUT2D eigenvalue weighted by atomic mass is 10.1. The molecule has 142 valence electrons. The number of carbonyl (C=O) groups excluding carboxylic acids is 2. The van der Waals surface area contributed by atoms with Crippen molar-refractivity contribution in [3.05, 3.63) is 59.7 Å². The van der Waals surface area contributed by atoms with Crippen LogP contribution in [-0.2, 0) is 6.54 Å². The first kappa shape index (κ1) is 18.8. The van der Waals surface area contributed by atoms with Crippen molar-refractivity contribution in [3.8, 4) is 5.75 Å². The minimum Gasteiger partial charge on any atom is -0.491 e. The maximum absolute atomic E-state index is 12.4. The standard InChI is InChI=1S/C21H25N3O3/c1-14(2)27-19-6-4-3-5-16(19)13-22-20(25)15-7-9-17(10-8-15)23-21(26)24-18-11-12-18/h3-10,14,18H,11-13H2,1-2H3,(H,22,25)(H2,23,24,26). The van der Waals surface area contributed by atoms with Gasteiger partial charge in [-0.15, -0.1) is 0 Å². The Morgan fingerprint density at radius 2 is 1.78 bits per heavy atom. The monoisotopic (exact) mass is 367 g/mol. The molecule has 0 radical (unpaired) electrons. The second-order valence-corrected chi connectivity index (χ2v) is 6.91. The van der Waals surface area contributed by atoms with E-state index in [-0.39, 0.29) is 18.0 Å². The summed E-state index contributed by atoms with van der Waals surface area (Å²) in [5, 5.41) is 8.53. The van der Waals surface area contributed by atoms with Gasteiger partial charge in [-0.1, -0.05) is 18.2 Å². The molecule has 27 heavy (non-hydrogen) atoms. The van der Waals surface area contributed by atoms with Gasteiger partial charge < -0.3 is 20.7 Å². The molecule has 0 bridgehead atoms. The first-order chi connectivity index (χ1) is 13.0. The number of hydrogen-bond donors (Lipinski definition) is 3. The summed E-state index contributed by atoms with van der Waals surface area (Å²) in [5.74, 6) is 0.595. The van der Waals surface area contributed by atoms with Crippen molar-refractivity contribution >= 4 is 17.6 Å². The third-order valence-corrected chi connectivity index (χ3v) is 4.09. The molecular formula is C21H25N3O3. The van der Waals surface area contributed by atoms with Crippen LogP contribution in [0.5, 0.6) is 5.75 Å². The van der Waals surface area contributed by atoms with E-state index in [0.29, 0.717) is 23.8 Å². The summed E-state index contributed by atoms with van der Waals surface area (Å²) in [4.78, 5) is 24.1. The minimum absolute atomic E-state index is 0.0685. The molecule has 6 nitrogen and oxygen atoms in total. The van der Waals surface area contributed by atoms with Crippen LogP contribution in [0.2, 0.25) is 0 Å². The van der Waals surface area contributed by atoms with Crippen molar-refractivity contribution < 1.29 is 14.3 Å². The van der Waals surface area contributed by atoms with Gasteiger partial charge in [-0.2, -0.15) is 0 Å². The number of amides is 3. The Hall–Kier alpha value is -3.02. The van der Waals surface area contributed by atoms with E-state index in [9.17, 15) is 9.59 Å². The summed E-state index contributed by atoms with van der Waals surface area (Å²) in [5.41, 5.74) is 2.11. The van der Waals surface area contributed by atoms with E-state index in [0.717, 1.165) is 24.2 Å². The molecule has 3 N–H and O–H groups in total. The molecule has 2 aromatic carbocycles. The largest absolute Gasteiger partial charge is 0.491 e. The lowest BCUT2D eigenvalue weighted by molar-refractivity contribution is 0.0950. The molecule has 3 rings (SSSR count). The van der Waals surface area contributed by atoms with Crippen LogP contribution >= 0.6 is 0 Å². The van der Waals surface area contributed by atoms with Gasteiger partial charge in [0.05, 0.1) is 6.10 Å². The third-order valence-electron chi connectivity index (χ3n) is 4.09. The van der Waals surface area contributed by atoms with Crippen molar-refractivity contribution in [1.29, 1.82) is 0 Å². The fourth-order valence-corrected chi connectivity index (χ4v) is 2.58. The van der Waals surface area contributed by atoms with Crippen LogP contribution in [0.15, 0.2) is 48.5 Å². The number of hydrogen-bond acceptors (Lipinski definition) is 3. The molecule has 3 amide bonds. The number of para-hydroxylation sites is 1. The summed E-state index contributed by atoms with van der Waals surface area (Å²) in [7, 11) is 0. The number of ether oxygens (including phenoxy) is 1. The van der Waals surface area contributed by atoms with Crippen LogP contribution in [-0.4, -0.2) is 24.1 Å². The van der Waals surface area contributed by atoms with Crippen LogP contribution in [0.3, 0.4) is 0 Å². The van der Waals surface area contributed by atoms with Gasteiger partial charge >= 0.3 is 6.03 Å². The first-order valence-electron chi connectivity index (χ1n) is 9.21. The summed E-state index contributed by atoms with van der Waals surface area (Å²) in [6.07, 6.45) is 2.15. The Morgan fingerprint density at radius 3 is 2.44 bits per heavy atom. The fraction of sp³-hybridized carbons (Fsp3) is 0.333. The molecule has 1 aliphatic rings. The van der Waals surface area contributed by atoms with Gasteiger partial charge in [-0.3, -0.25) is 4.79 Å². The molecule has 0 spiro atoms. The van der Waals surface area contributed by atoms with E-state index in [1.807, 2.05) is 38.1 Å². The van der Waals surface area contributed by atoms with E-state index in [1.54, 1.807) is 24.3 Å². The zero-order valence-electron chi connectivity index (χ0n) is 15.6. The fourth-order valence-electron chi connectivity index (χ4n) is 2.58. The molecule has 1 fully saturated rings. The van der Waals surface area contributed by atoms with Gasteiger partial charge in [0, 0.05) is 29.4 Å². The zero-order chi connectivity index (χ0) is 19.2. The number of urea groups is 1. The summed E-state index contributed by atoms with van der Waals surface area (Å²) >= 11 is 0. The lowest BCUT2D eigenvalue weighted by Gasteiger charge is -2.14. The number of rotatable bonds is 7. The molecule has 0 heterocycles. The van der Waals surface area contributed by atoms with Crippen LogP contribution < -0.4 is 20.7 Å². The predicted octanol–water partition coefficient (Wildman–Crippen LogP) is 3.69. The van der Waals surface area contributed by atoms with Gasteiger partial charge in [-0.25, -0.2) is 4.79 Å². The highest BCUT2D eigenvalue weighted by molar-refractivity contribution is 5.95. The second-order valence-electron chi connectivity index (χ2n) is 6.91. The Bertz CT molecular complexity index is 799. The van der Waals surface area contributed by atoms with Crippen LogP contribution in [0.1, 0.15) is 42.6 Å². The van der Waals surface area contributed by atoms with Crippen LogP contribution in [0.4, 0.5) is 10.5 Å². The maximum atomic E-state index is 12.4. The van der Waals surface area contributed by atoms with Gasteiger partial charge in [-0.05, 0) is 57.0 Å². The SMILES string of the molecule is CC(C)Oc1ccccc1CNC(=O)c1ccc(NC(=O)NC2CC2)cc1. The summed E-state index contributed by atoms with van der Waals surface area (Å²) < 4.78 is 5.77. The summed E-state index contributed by atoms with van der Waals surface area (Å²) in [6.45, 7) is 4.32. The van der Waals surface area contributed by atoms with Crippen molar-refractivity contribution in [2.75, 3.05) is 5.32 Å². The van der Waals surface area contributed by atoms with Gasteiger partial charge in [0.15, 0.2) is 0 Å². The topological polar surface area (TPSA) is 79.5 Å². The Morgan fingerprint density at radius 1 is 1.07 bits per heavy atom. The van der Waals surface area contributed by atoms with Gasteiger partial charge in [0.2, 0.25) is 0 Å². The molecule has 0 saturated heterocycles. The average molecular weight is 367 g/mol. The molecule has 1 saturated carbocycles. The maximum Gasteiger partial charge on any atom is 0.319 e. The van der Waals surface area contributed by atoms with Crippen LogP contribution in [0.25, 0.3) is 0 Å². The molecule has 0 atom stereocenters. The Kier molecular flexibility index (Phi) is 5.96. The molecule has 0 aromatic heterocycles. The minimum atomic E-state index is -0.212. The van der Waals surface area contributed by atoms with Gasteiger partial charge in [0.25, 0.3) is 5.91 Å². The highest BCUT2D eigenvalue weighted by Crippen LogP contribution is 2.20. The van der Waals surface area contributed by atoms with Crippen molar-refractivity contribution in [1.82, 2.24) is 10.6 Å². The molecule has 0 unspecified atom stereocenters. The molecule has 1 aliphatic carbocycles. The van der Waals surface area contributed by atoms with Crippen LogP contribution in [0, 0.1) is 0 Å². The normalized spacial score (nSPS) is 13.1. The number of benzene rings is 2. The number of carbonyl (C=O) groups is 2. The van der Waals surface area contributed by atoms with Crippen molar-refractivity contribution in [3.63, 3.8) is 0 Å². The lowest BCUT2D eigenvalue weighted by Crippen LogP contribution is -2.30. The zero-order valence-corrected chi connectivity index (χ0v) is 15.6. The quantitative estimate of drug-likeness (QED) is 0.698. The average Bonchev–Trinajstić information content (AvgIpc) is 3.44. The van der Waals surface area contributed by atoms with Crippen molar-refractivity contribution in [2.24, 2.45) is 0 Å². The van der Waals surface area contributed by atoms with Crippen molar-refractivity contribution in [2.45, 2.75) is 45.4 Å². The Labute approximate surface area is 159 Å². The van der Waals surface area contributed by atoms with Gasteiger partial charge in [0.1, 0.15) is 5.75 Å². The molecular weight excluding hydrogens is 342 g/mol. The van der Waals surface area contributed by atoms with E-state index < -0.39 is 0 Å². The summed E-state index contributed by atoms with van der Waals surface area (Å²) in [6, 6.07) is 14.6. The second kappa shape index (κ2) is 8.58. The molecule has 6 heteroatoms. The van der Waals surface area contributed by atoms with E-state index in [1.165, 1.54) is 0 Å². The number of nitrogens with one attached hydrogen (secondary N) is 3. The smallest absolute Gasteiger partial charge is 0.319 e. The highest BCUT2D eigenvalue weighted by atomic mass is 16.5. The Balaban J connectivity index is 1.54. The third kappa shape index (κ3) is 5.74. The van der Waals surface area contributed by atoms with E-state index in [4.69, 9.17) is 4.74 Å². The predicted molar refractivity (Wildman–Crippen MR) is 105 cm³/mol. The molecule has 2 aromatic rings. The number of anilines is 1. The van der Waals surface area contributed by atoms with E-state index >= 15 is 0 Å².